The Balaban J connectivity index is 1.26. The third-order valence-corrected chi connectivity index (χ3v) is 9.29. The minimum atomic E-state index is -0.835. The van der Waals surface area contributed by atoms with Crippen LogP contribution in [0, 0.1) is 0 Å². The molecule has 0 fully saturated rings. The molecule has 0 aliphatic carbocycles. The van der Waals surface area contributed by atoms with Gasteiger partial charge in [0.15, 0.2) is 0 Å². The fourth-order valence-electron chi connectivity index (χ4n) is 6.43. The van der Waals surface area contributed by atoms with Crippen molar-refractivity contribution in [3.05, 3.63) is 210 Å². The first-order chi connectivity index (χ1) is 27.8. The maximum atomic E-state index is 14.3. The molecule has 0 radical (unpaired) electrons. The van der Waals surface area contributed by atoms with Crippen LogP contribution in [0.15, 0.2) is 175 Å². The van der Waals surface area contributed by atoms with Crippen molar-refractivity contribution < 1.29 is 14.4 Å². The molecule has 12 nitrogen and oxygen atoms in total. The van der Waals surface area contributed by atoms with Crippen molar-refractivity contribution >= 4 is 35.3 Å². The molecule has 7 rings (SSSR count). The summed E-state index contributed by atoms with van der Waals surface area (Å²) in [7, 11) is 0. The van der Waals surface area contributed by atoms with Gasteiger partial charge in [0.05, 0.1) is 34.1 Å². The molecule has 276 valence electrons. The second-order valence-electron chi connectivity index (χ2n) is 13.0. The second-order valence-corrected chi connectivity index (χ2v) is 13.0. The average Bonchev–Trinajstić information content (AvgIpc) is 3.22. The van der Waals surface area contributed by atoms with Gasteiger partial charge in [-0.2, -0.15) is 15.0 Å². The summed E-state index contributed by atoms with van der Waals surface area (Å²) in [5.74, 6) is 0. The molecule has 0 saturated heterocycles. The maximum Gasteiger partial charge on any atom is 0.345 e. The number of carbonyl (C=O) groups excluding carboxylic acids is 3. The molecular formula is C45H30N6O6. The first kappa shape index (κ1) is 37.2. The molecule has 1 heterocycles. The molecule has 0 saturated carbocycles. The molecule has 0 amide bonds. The fraction of sp³-hybridized carbons (Fsp3) is 0.0667. The topological polar surface area (TPSA) is 154 Å². The van der Waals surface area contributed by atoms with Crippen LogP contribution in [-0.4, -0.2) is 31.9 Å². The number of nitrogens with zero attached hydrogens (tertiary/aromatic N) is 6. The number of rotatable bonds is 12. The summed E-state index contributed by atoms with van der Waals surface area (Å²) in [6.45, 7) is 0. The van der Waals surface area contributed by atoms with Gasteiger partial charge in [-0.1, -0.05) is 72.8 Å². The smallest absolute Gasteiger partial charge is 0.246 e. The quantitative estimate of drug-likeness (QED) is 0.0987. The molecule has 0 N–H and O–H groups in total. The highest BCUT2D eigenvalue weighted by Gasteiger charge is 2.20. The van der Waals surface area contributed by atoms with E-state index in [9.17, 15) is 28.8 Å². The maximum absolute atomic E-state index is 14.3. The van der Waals surface area contributed by atoms with E-state index in [4.69, 9.17) is 0 Å². The molecule has 7 aromatic rings. The van der Waals surface area contributed by atoms with Crippen LogP contribution < -0.4 is 17.1 Å². The molecule has 0 spiro atoms. The van der Waals surface area contributed by atoms with E-state index in [0.717, 1.165) is 47.1 Å². The Kier molecular flexibility index (Phi) is 11.0. The van der Waals surface area contributed by atoms with Crippen molar-refractivity contribution in [2.45, 2.75) is 19.3 Å². The molecule has 57 heavy (non-hydrogen) atoms. The highest BCUT2D eigenvalue weighted by atomic mass is 16.2. The van der Waals surface area contributed by atoms with E-state index in [1.54, 1.807) is 109 Å². The first-order valence-corrected chi connectivity index (χ1v) is 17.6. The summed E-state index contributed by atoms with van der Waals surface area (Å²) in [5.41, 5.74) is 5.36. The highest BCUT2D eigenvalue weighted by Crippen LogP contribution is 2.20. The molecule has 6 aromatic carbocycles. The molecule has 1 aromatic heterocycles. The minimum Gasteiger partial charge on any atom is -0.246 e. The Labute approximate surface area is 324 Å². The molecule has 12 heteroatoms. The van der Waals surface area contributed by atoms with Crippen LogP contribution in [0.1, 0.15) is 33.4 Å². The standard InChI is InChI=1S/C45H30N6O6/c52-28-46-37-13-1-31(2-14-37)25-34-7-19-40(20-8-34)49-43(55)50(41-21-9-35(10-22-41)26-32-3-15-38(16-4-32)47-29-53)45(57)51(44(49)56)42-23-11-36(12-24-42)27-33-5-17-39(18-6-33)48-30-54/h1-24H,25-27H2. The van der Waals surface area contributed by atoms with Gasteiger partial charge in [-0.15, -0.1) is 0 Å². The number of isocyanates is 3. The van der Waals surface area contributed by atoms with Gasteiger partial charge >= 0.3 is 17.1 Å². The minimum absolute atomic E-state index is 0.268. The summed E-state index contributed by atoms with van der Waals surface area (Å²) < 4.78 is 2.93. The third-order valence-electron chi connectivity index (χ3n) is 9.29. The first-order valence-electron chi connectivity index (χ1n) is 17.6. The lowest BCUT2D eigenvalue weighted by molar-refractivity contribution is 0.564. The van der Waals surface area contributed by atoms with Gasteiger partial charge in [-0.3, -0.25) is 0 Å². The lowest BCUT2D eigenvalue weighted by Gasteiger charge is -2.15. The van der Waals surface area contributed by atoms with Crippen LogP contribution in [0.4, 0.5) is 17.1 Å². The Morgan fingerprint density at radius 3 is 0.702 bits per heavy atom. The van der Waals surface area contributed by atoms with E-state index in [0.29, 0.717) is 36.3 Å². The van der Waals surface area contributed by atoms with Gasteiger partial charge in [-0.25, -0.2) is 42.5 Å². The van der Waals surface area contributed by atoms with E-state index in [-0.39, 0.29) is 17.1 Å². The largest absolute Gasteiger partial charge is 0.345 e. The van der Waals surface area contributed by atoms with Crippen LogP contribution in [-0.2, 0) is 33.6 Å². The van der Waals surface area contributed by atoms with Gasteiger partial charge in [-0.05, 0) is 125 Å². The zero-order chi connectivity index (χ0) is 39.7. The SMILES string of the molecule is O=C=Nc1ccc(Cc2ccc(-n3c(=O)n(-c4ccc(Cc5ccc(N=C=O)cc5)cc4)c(=O)n(-c4ccc(Cc5ccc(N=C=O)cc5)cc4)c3=O)cc2)cc1. The predicted molar refractivity (Wildman–Crippen MR) is 214 cm³/mol. The molecule has 0 bridgehead atoms. The zero-order valence-electron chi connectivity index (χ0n) is 30.1. The van der Waals surface area contributed by atoms with E-state index in [1.807, 2.05) is 36.4 Å². The highest BCUT2D eigenvalue weighted by molar-refractivity contribution is 5.52. The van der Waals surface area contributed by atoms with Crippen LogP contribution in [0.25, 0.3) is 17.1 Å². The van der Waals surface area contributed by atoms with Gasteiger partial charge in [0, 0.05) is 0 Å². The van der Waals surface area contributed by atoms with Gasteiger partial charge in [0.1, 0.15) is 0 Å². The Bertz CT molecular complexity index is 2540. The average molecular weight is 751 g/mol. The van der Waals surface area contributed by atoms with Crippen molar-refractivity contribution in [1.82, 2.24) is 13.7 Å². The van der Waals surface area contributed by atoms with E-state index < -0.39 is 17.1 Å². The molecule has 0 atom stereocenters. The molecule has 0 aliphatic heterocycles. The van der Waals surface area contributed by atoms with E-state index in [1.165, 1.54) is 18.2 Å². The van der Waals surface area contributed by atoms with Crippen LogP contribution in [0.2, 0.25) is 0 Å². The van der Waals surface area contributed by atoms with Crippen molar-refractivity contribution in [1.29, 1.82) is 0 Å². The summed E-state index contributed by atoms with van der Waals surface area (Å²) >= 11 is 0. The second kappa shape index (κ2) is 16.9. The number of hydrogen-bond acceptors (Lipinski definition) is 9. The molecule has 0 unspecified atom stereocenters. The number of benzene rings is 6. The van der Waals surface area contributed by atoms with Crippen molar-refractivity contribution in [3.63, 3.8) is 0 Å². The van der Waals surface area contributed by atoms with Crippen molar-refractivity contribution in [3.8, 4) is 17.1 Å². The summed E-state index contributed by atoms with van der Waals surface area (Å²) in [5, 5.41) is 0. The fourth-order valence-corrected chi connectivity index (χ4v) is 6.43. The number of hydrogen-bond donors (Lipinski definition) is 0. The van der Waals surface area contributed by atoms with Crippen LogP contribution >= 0.6 is 0 Å². The van der Waals surface area contributed by atoms with Crippen LogP contribution in [0.5, 0.6) is 0 Å². The van der Waals surface area contributed by atoms with Crippen molar-refractivity contribution in [2.24, 2.45) is 15.0 Å². The monoisotopic (exact) mass is 750 g/mol. The van der Waals surface area contributed by atoms with E-state index >= 15 is 0 Å². The van der Waals surface area contributed by atoms with Crippen LogP contribution in [0.3, 0.4) is 0 Å². The normalized spacial score (nSPS) is 10.5. The lowest BCUT2D eigenvalue weighted by Crippen LogP contribution is -2.52. The number of aliphatic imine (C=N–C) groups is 3. The zero-order valence-corrected chi connectivity index (χ0v) is 30.1. The summed E-state index contributed by atoms with van der Waals surface area (Å²) in [6, 6.07) is 42.1. The lowest BCUT2D eigenvalue weighted by atomic mass is 10.0. The van der Waals surface area contributed by atoms with Crippen molar-refractivity contribution in [2.75, 3.05) is 0 Å². The van der Waals surface area contributed by atoms with Gasteiger partial charge in [0.2, 0.25) is 18.2 Å². The third kappa shape index (κ3) is 8.50. The summed E-state index contributed by atoms with van der Waals surface area (Å²) in [6.07, 6.45) is 6.18. The molecular weight excluding hydrogens is 721 g/mol. The molecule has 0 aliphatic rings. The van der Waals surface area contributed by atoms with Gasteiger partial charge < -0.3 is 0 Å². The predicted octanol–water partition coefficient (Wildman–Crippen LogP) is 6.81. The summed E-state index contributed by atoms with van der Waals surface area (Å²) in [4.78, 5) is 85.4. The Morgan fingerprint density at radius 2 is 0.509 bits per heavy atom. The Hall–Kier alpha value is -8.13. The van der Waals surface area contributed by atoms with E-state index in [2.05, 4.69) is 15.0 Å². The van der Waals surface area contributed by atoms with Gasteiger partial charge in [0.25, 0.3) is 0 Å². The Morgan fingerprint density at radius 1 is 0.316 bits per heavy atom. The number of aromatic nitrogens is 3.